The van der Waals surface area contributed by atoms with E-state index in [2.05, 4.69) is 42.7 Å². The SMILES string of the molecule is CCCc1c(N)ncnc1N(C)CC(C)C. The van der Waals surface area contributed by atoms with Gasteiger partial charge in [0.25, 0.3) is 0 Å². The van der Waals surface area contributed by atoms with E-state index >= 15 is 0 Å². The molecule has 4 heteroatoms. The summed E-state index contributed by atoms with van der Waals surface area (Å²) in [6.45, 7) is 7.51. The Kier molecular flexibility index (Phi) is 4.52. The Morgan fingerprint density at radius 3 is 2.62 bits per heavy atom. The van der Waals surface area contributed by atoms with Crippen molar-refractivity contribution in [1.29, 1.82) is 0 Å². The van der Waals surface area contributed by atoms with Gasteiger partial charge in [-0.3, -0.25) is 0 Å². The van der Waals surface area contributed by atoms with Crippen LogP contribution in [0.4, 0.5) is 11.6 Å². The number of nitrogens with two attached hydrogens (primary N) is 1. The van der Waals surface area contributed by atoms with Crippen LogP contribution < -0.4 is 10.6 Å². The van der Waals surface area contributed by atoms with Crippen molar-refractivity contribution in [3.8, 4) is 0 Å². The summed E-state index contributed by atoms with van der Waals surface area (Å²) in [7, 11) is 2.06. The lowest BCUT2D eigenvalue weighted by molar-refractivity contribution is 0.632. The highest BCUT2D eigenvalue weighted by Gasteiger charge is 2.13. The van der Waals surface area contributed by atoms with Gasteiger partial charge in [-0.2, -0.15) is 0 Å². The predicted molar refractivity (Wildman–Crippen MR) is 68.5 cm³/mol. The molecule has 4 nitrogen and oxygen atoms in total. The van der Waals surface area contributed by atoms with Crippen LogP contribution in [0.5, 0.6) is 0 Å². The normalized spacial score (nSPS) is 10.8. The number of rotatable bonds is 5. The second kappa shape index (κ2) is 5.68. The fourth-order valence-corrected chi connectivity index (χ4v) is 1.87. The molecular weight excluding hydrogens is 200 g/mol. The lowest BCUT2D eigenvalue weighted by Crippen LogP contribution is -2.25. The van der Waals surface area contributed by atoms with Crippen molar-refractivity contribution in [3.63, 3.8) is 0 Å². The van der Waals surface area contributed by atoms with Crippen molar-refractivity contribution in [3.05, 3.63) is 11.9 Å². The molecule has 90 valence electrons. The molecule has 1 rings (SSSR count). The third-order valence-electron chi connectivity index (χ3n) is 2.46. The average molecular weight is 222 g/mol. The Hall–Kier alpha value is -1.32. The first-order valence-electron chi connectivity index (χ1n) is 5.86. The molecule has 0 spiro atoms. The van der Waals surface area contributed by atoms with Crippen LogP contribution in [0, 0.1) is 5.92 Å². The van der Waals surface area contributed by atoms with Crippen LogP contribution in [0.1, 0.15) is 32.8 Å². The number of hydrogen-bond acceptors (Lipinski definition) is 4. The molecule has 0 atom stereocenters. The highest BCUT2D eigenvalue weighted by atomic mass is 15.2. The molecule has 0 radical (unpaired) electrons. The molecule has 0 amide bonds. The Morgan fingerprint density at radius 1 is 1.38 bits per heavy atom. The van der Waals surface area contributed by atoms with E-state index in [-0.39, 0.29) is 0 Å². The first-order valence-corrected chi connectivity index (χ1v) is 5.86. The van der Waals surface area contributed by atoms with Crippen molar-refractivity contribution in [1.82, 2.24) is 9.97 Å². The smallest absolute Gasteiger partial charge is 0.137 e. The maximum Gasteiger partial charge on any atom is 0.137 e. The van der Waals surface area contributed by atoms with Gasteiger partial charge in [0.2, 0.25) is 0 Å². The van der Waals surface area contributed by atoms with Crippen LogP contribution in [-0.4, -0.2) is 23.6 Å². The van der Waals surface area contributed by atoms with Crippen LogP contribution in [0.15, 0.2) is 6.33 Å². The number of nitrogens with zero attached hydrogens (tertiary/aromatic N) is 3. The molecule has 0 bridgehead atoms. The lowest BCUT2D eigenvalue weighted by atomic mass is 10.1. The third kappa shape index (κ3) is 3.08. The van der Waals surface area contributed by atoms with E-state index in [4.69, 9.17) is 5.73 Å². The maximum absolute atomic E-state index is 5.90. The van der Waals surface area contributed by atoms with Crippen molar-refractivity contribution < 1.29 is 0 Å². The quantitative estimate of drug-likeness (QED) is 0.829. The van der Waals surface area contributed by atoms with Crippen molar-refractivity contribution in [2.75, 3.05) is 24.2 Å². The number of hydrogen-bond donors (Lipinski definition) is 1. The van der Waals surface area contributed by atoms with Gasteiger partial charge in [0.15, 0.2) is 0 Å². The third-order valence-corrected chi connectivity index (χ3v) is 2.46. The fraction of sp³-hybridized carbons (Fsp3) is 0.667. The molecule has 2 N–H and O–H groups in total. The summed E-state index contributed by atoms with van der Waals surface area (Å²) in [5.41, 5.74) is 6.98. The van der Waals surface area contributed by atoms with Gasteiger partial charge in [0.05, 0.1) is 0 Å². The van der Waals surface area contributed by atoms with E-state index in [1.54, 1.807) is 6.33 Å². The van der Waals surface area contributed by atoms with Gasteiger partial charge < -0.3 is 10.6 Å². The Labute approximate surface area is 97.9 Å². The average Bonchev–Trinajstić information content (AvgIpc) is 2.20. The van der Waals surface area contributed by atoms with E-state index in [0.717, 1.165) is 30.8 Å². The van der Waals surface area contributed by atoms with Gasteiger partial charge in [-0.1, -0.05) is 27.2 Å². The van der Waals surface area contributed by atoms with Gasteiger partial charge in [0.1, 0.15) is 18.0 Å². The Morgan fingerprint density at radius 2 is 2.06 bits per heavy atom. The molecule has 1 heterocycles. The van der Waals surface area contributed by atoms with Gasteiger partial charge in [0, 0.05) is 19.2 Å². The van der Waals surface area contributed by atoms with E-state index < -0.39 is 0 Å². The molecule has 0 saturated heterocycles. The monoisotopic (exact) mass is 222 g/mol. The summed E-state index contributed by atoms with van der Waals surface area (Å²) >= 11 is 0. The van der Waals surface area contributed by atoms with Crippen LogP contribution in [0.2, 0.25) is 0 Å². The maximum atomic E-state index is 5.90. The summed E-state index contributed by atoms with van der Waals surface area (Å²) in [4.78, 5) is 10.6. The minimum atomic E-state index is 0.607. The zero-order chi connectivity index (χ0) is 12.1. The molecule has 16 heavy (non-hydrogen) atoms. The van der Waals surface area contributed by atoms with Gasteiger partial charge in [-0.05, 0) is 12.3 Å². The minimum absolute atomic E-state index is 0.607. The second-order valence-corrected chi connectivity index (χ2v) is 4.59. The number of nitrogen functional groups attached to an aromatic ring is 1. The Balaban J connectivity index is 2.97. The first kappa shape index (κ1) is 12.7. The molecule has 1 aromatic heterocycles. The predicted octanol–water partition coefficient (Wildman–Crippen LogP) is 2.10. The largest absolute Gasteiger partial charge is 0.383 e. The molecule has 0 aliphatic rings. The van der Waals surface area contributed by atoms with Crippen molar-refractivity contribution in [2.24, 2.45) is 5.92 Å². The van der Waals surface area contributed by atoms with E-state index in [1.165, 1.54) is 0 Å². The van der Waals surface area contributed by atoms with Crippen LogP contribution in [0.25, 0.3) is 0 Å². The first-order chi connectivity index (χ1) is 7.56. The Bertz CT molecular complexity index is 336. The van der Waals surface area contributed by atoms with Gasteiger partial charge >= 0.3 is 0 Å². The molecule has 0 aliphatic carbocycles. The molecule has 0 fully saturated rings. The van der Waals surface area contributed by atoms with E-state index in [9.17, 15) is 0 Å². The standard InChI is InChI=1S/C12H22N4/c1-5-6-10-11(13)14-8-15-12(10)16(4)7-9(2)3/h8-9H,5-7H2,1-4H3,(H2,13,14,15). The molecular formula is C12H22N4. The molecule has 0 saturated carbocycles. The summed E-state index contributed by atoms with van der Waals surface area (Å²) in [6.07, 6.45) is 3.53. The molecule has 0 unspecified atom stereocenters. The summed E-state index contributed by atoms with van der Waals surface area (Å²) in [5.74, 6) is 2.20. The second-order valence-electron chi connectivity index (χ2n) is 4.59. The van der Waals surface area contributed by atoms with Crippen molar-refractivity contribution >= 4 is 11.6 Å². The lowest BCUT2D eigenvalue weighted by Gasteiger charge is -2.23. The molecule has 0 aliphatic heterocycles. The fourth-order valence-electron chi connectivity index (χ4n) is 1.87. The highest BCUT2D eigenvalue weighted by molar-refractivity contribution is 5.56. The summed E-state index contributed by atoms with van der Waals surface area (Å²) in [6, 6.07) is 0. The van der Waals surface area contributed by atoms with Crippen LogP contribution >= 0.6 is 0 Å². The van der Waals surface area contributed by atoms with Crippen LogP contribution in [-0.2, 0) is 6.42 Å². The molecule has 0 aromatic carbocycles. The van der Waals surface area contributed by atoms with Crippen molar-refractivity contribution in [2.45, 2.75) is 33.6 Å². The summed E-state index contributed by atoms with van der Waals surface area (Å²) < 4.78 is 0. The molecule has 1 aromatic rings. The number of aromatic nitrogens is 2. The zero-order valence-electron chi connectivity index (χ0n) is 10.7. The zero-order valence-corrected chi connectivity index (χ0v) is 10.7. The minimum Gasteiger partial charge on any atom is -0.383 e. The topological polar surface area (TPSA) is 55.0 Å². The number of anilines is 2. The van der Waals surface area contributed by atoms with Gasteiger partial charge in [-0.25, -0.2) is 9.97 Å². The highest BCUT2D eigenvalue weighted by Crippen LogP contribution is 2.22. The van der Waals surface area contributed by atoms with E-state index in [1.807, 2.05) is 0 Å². The van der Waals surface area contributed by atoms with E-state index in [0.29, 0.717) is 11.7 Å². The van der Waals surface area contributed by atoms with Gasteiger partial charge in [-0.15, -0.1) is 0 Å². The van der Waals surface area contributed by atoms with Crippen LogP contribution in [0.3, 0.4) is 0 Å². The summed E-state index contributed by atoms with van der Waals surface area (Å²) in [5, 5.41) is 0.